The molecule has 0 bridgehead atoms. The molecule has 5 nitrogen and oxygen atoms in total. The summed E-state index contributed by atoms with van der Waals surface area (Å²) in [6.07, 6.45) is -0.951. The van der Waals surface area contributed by atoms with Crippen molar-refractivity contribution in [3.63, 3.8) is 0 Å². The van der Waals surface area contributed by atoms with Crippen LogP contribution in [0.5, 0.6) is 5.75 Å². The van der Waals surface area contributed by atoms with Crippen LogP contribution in [0.2, 0.25) is 0 Å². The fourth-order valence-electron chi connectivity index (χ4n) is 2.06. The number of rotatable bonds is 11. The van der Waals surface area contributed by atoms with Crippen LogP contribution >= 0.6 is 0 Å². The van der Waals surface area contributed by atoms with E-state index in [0.29, 0.717) is 13.2 Å². The zero-order valence-corrected chi connectivity index (χ0v) is 14.7. The number of carbonyl (C=O) groups excluding carboxylic acids is 2. The van der Waals surface area contributed by atoms with Crippen LogP contribution in [0.25, 0.3) is 0 Å². The quantitative estimate of drug-likeness (QED) is 0.362. The van der Waals surface area contributed by atoms with Crippen LogP contribution in [-0.2, 0) is 20.9 Å². The minimum Gasteiger partial charge on any atom is -0.494 e. The van der Waals surface area contributed by atoms with E-state index in [-0.39, 0.29) is 13.0 Å². The highest BCUT2D eigenvalue weighted by atomic mass is 19.4. The Hall–Kier alpha value is -2.09. The van der Waals surface area contributed by atoms with Crippen LogP contribution in [0.4, 0.5) is 13.2 Å². The fraction of sp³-hybridized carbons (Fsp3) is 0.556. The minimum absolute atomic E-state index is 0.0969. The molecule has 0 amide bonds. The number of ether oxygens (including phenoxy) is 2. The summed E-state index contributed by atoms with van der Waals surface area (Å²) >= 11 is 0. The van der Waals surface area contributed by atoms with Crippen molar-refractivity contribution in [2.75, 3.05) is 13.2 Å². The van der Waals surface area contributed by atoms with Crippen molar-refractivity contribution in [2.24, 2.45) is 0 Å². The first-order valence-electron chi connectivity index (χ1n) is 8.57. The van der Waals surface area contributed by atoms with Crippen LogP contribution < -0.4 is 10.1 Å². The molecule has 0 heterocycles. The second-order valence-corrected chi connectivity index (χ2v) is 5.74. The Labute approximate surface area is 150 Å². The fourth-order valence-corrected chi connectivity index (χ4v) is 2.06. The molecule has 0 aromatic heterocycles. The van der Waals surface area contributed by atoms with Crippen LogP contribution in [-0.4, -0.2) is 31.3 Å². The largest absolute Gasteiger partial charge is 0.494 e. The average molecular weight is 375 g/mol. The van der Waals surface area contributed by atoms with E-state index in [9.17, 15) is 22.8 Å². The highest BCUT2D eigenvalue weighted by Gasteiger charge is 2.42. The summed E-state index contributed by atoms with van der Waals surface area (Å²) in [5.74, 6) is -2.93. The van der Waals surface area contributed by atoms with Gasteiger partial charge in [0, 0.05) is 13.1 Å². The van der Waals surface area contributed by atoms with Gasteiger partial charge in [0.25, 0.3) is 0 Å². The number of benzene rings is 1. The van der Waals surface area contributed by atoms with Crippen molar-refractivity contribution < 1.29 is 32.2 Å². The Morgan fingerprint density at radius 3 is 2.38 bits per heavy atom. The molecule has 0 unspecified atom stereocenters. The SMILES string of the molecule is CCCCCCOc1ccc(CNCCC(=O)OC(=O)C(F)(F)F)cc1. The van der Waals surface area contributed by atoms with Crippen LogP contribution in [0.3, 0.4) is 0 Å². The lowest BCUT2D eigenvalue weighted by Gasteiger charge is -2.08. The lowest BCUT2D eigenvalue weighted by Crippen LogP contribution is -2.29. The van der Waals surface area contributed by atoms with Gasteiger partial charge in [-0.25, -0.2) is 4.79 Å². The molecule has 1 aromatic carbocycles. The summed E-state index contributed by atoms with van der Waals surface area (Å²) in [4.78, 5) is 21.6. The predicted octanol–water partition coefficient (Wildman–Crippen LogP) is 3.76. The molecular weight excluding hydrogens is 351 g/mol. The maximum absolute atomic E-state index is 11.9. The van der Waals surface area contributed by atoms with Crippen molar-refractivity contribution in [2.45, 2.75) is 51.7 Å². The van der Waals surface area contributed by atoms with E-state index in [4.69, 9.17) is 4.74 Å². The maximum atomic E-state index is 11.9. The monoisotopic (exact) mass is 375 g/mol. The van der Waals surface area contributed by atoms with Crippen LogP contribution in [0.1, 0.15) is 44.6 Å². The summed E-state index contributed by atoms with van der Waals surface area (Å²) < 4.78 is 45.1. The third kappa shape index (κ3) is 9.41. The Kier molecular flexibility index (Phi) is 9.72. The van der Waals surface area contributed by atoms with Gasteiger partial charge in [0.1, 0.15) is 5.75 Å². The molecule has 0 aliphatic rings. The summed E-state index contributed by atoms with van der Waals surface area (Å²) in [7, 11) is 0. The van der Waals surface area contributed by atoms with Crippen LogP contribution in [0.15, 0.2) is 24.3 Å². The maximum Gasteiger partial charge on any atom is 0.491 e. The number of esters is 2. The third-order valence-corrected chi connectivity index (χ3v) is 3.46. The molecular formula is C18H24F3NO4. The third-order valence-electron chi connectivity index (χ3n) is 3.46. The number of halogens is 3. The molecule has 1 rings (SSSR count). The second-order valence-electron chi connectivity index (χ2n) is 5.74. The van der Waals surface area contributed by atoms with Gasteiger partial charge < -0.3 is 14.8 Å². The zero-order chi connectivity index (χ0) is 19.4. The summed E-state index contributed by atoms with van der Waals surface area (Å²) in [6.45, 7) is 3.35. The lowest BCUT2D eigenvalue weighted by atomic mass is 10.2. The Balaban J connectivity index is 2.19. The molecule has 0 saturated heterocycles. The van der Waals surface area contributed by atoms with Crippen molar-refractivity contribution in [1.29, 1.82) is 0 Å². The van der Waals surface area contributed by atoms with Crippen LogP contribution in [0, 0.1) is 0 Å². The Morgan fingerprint density at radius 1 is 1.08 bits per heavy atom. The first-order valence-corrected chi connectivity index (χ1v) is 8.57. The zero-order valence-electron chi connectivity index (χ0n) is 14.7. The summed E-state index contributed by atoms with van der Waals surface area (Å²) in [5.41, 5.74) is 0.933. The molecule has 146 valence electrons. The molecule has 0 fully saturated rings. The number of carbonyl (C=O) groups is 2. The Morgan fingerprint density at radius 2 is 1.77 bits per heavy atom. The van der Waals surface area contributed by atoms with E-state index in [1.807, 2.05) is 24.3 Å². The predicted molar refractivity (Wildman–Crippen MR) is 89.6 cm³/mol. The summed E-state index contributed by atoms with van der Waals surface area (Å²) in [6, 6.07) is 7.40. The minimum atomic E-state index is -5.16. The van der Waals surface area contributed by atoms with E-state index in [0.717, 1.165) is 24.2 Å². The van der Waals surface area contributed by atoms with Gasteiger partial charge >= 0.3 is 18.1 Å². The molecule has 0 radical (unpaired) electrons. The van der Waals surface area contributed by atoms with Gasteiger partial charge in [-0.1, -0.05) is 38.3 Å². The normalized spacial score (nSPS) is 11.2. The number of hydrogen-bond donors (Lipinski definition) is 1. The van der Waals surface area contributed by atoms with E-state index in [1.165, 1.54) is 12.8 Å². The molecule has 1 N–H and O–H groups in total. The number of unbranched alkanes of at least 4 members (excludes halogenated alkanes) is 3. The molecule has 0 spiro atoms. The molecule has 1 aromatic rings. The van der Waals surface area contributed by atoms with Crippen molar-refractivity contribution in [3.05, 3.63) is 29.8 Å². The van der Waals surface area contributed by atoms with Crippen molar-refractivity contribution in [3.8, 4) is 5.75 Å². The number of alkyl halides is 3. The van der Waals surface area contributed by atoms with Gasteiger partial charge in [-0.15, -0.1) is 0 Å². The Bertz CT molecular complexity index is 559. The lowest BCUT2D eigenvalue weighted by molar-refractivity contribution is -0.201. The van der Waals surface area contributed by atoms with Gasteiger partial charge in [-0.3, -0.25) is 4.79 Å². The number of nitrogens with one attached hydrogen (secondary N) is 1. The van der Waals surface area contributed by atoms with E-state index in [2.05, 4.69) is 17.0 Å². The van der Waals surface area contributed by atoms with E-state index < -0.39 is 18.1 Å². The van der Waals surface area contributed by atoms with Gasteiger partial charge in [0.15, 0.2) is 0 Å². The van der Waals surface area contributed by atoms with E-state index >= 15 is 0 Å². The molecule has 0 atom stereocenters. The average Bonchev–Trinajstić information content (AvgIpc) is 2.59. The summed E-state index contributed by atoms with van der Waals surface area (Å²) in [5, 5.41) is 2.90. The van der Waals surface area contributed by atoms with Crippen molar-refractivity contribution in [1.82, 2.24) is 5.32 Å². The van der Waals surface area contributed by atoms with Gasteiger partial charge in [0.05, 0.1) is 13.0 Å². The number of hydrogen-bond acceptors (Lipinski definition) is 5. The van der Waals surface area contributed by atoms with Gasteiger partial charge in [-0.05, 0) is 24.1 Å². The second kappa shape index (κ2) is 11.5. The molecule has 0 aliphatic carbocycles. The molecule has 0 saturated carbocycles. The van der Waals surface area contributed by atoms with Crippen molar-refractivity contribution >= 4 is 11.9 Å². The molecule has 8 heteroatoms. The molecule has 0 aliphatic heterocycles. The standard InChI is InChI=1S/C18H24F3NO4/c1-2-3-4-5-12-25-15-8-6-14(7-9-15)13-22-11-10-16(23)26-17(24)18(19,20)21/h6-9,22H,2-5,10-13H2,1H3. The topological polar surface area (TPSA) is 64.6 Å². The van der Waals surface area contributed by atoms with E-state index in [1.54, 1.807) is 0 Å². The highest BCUT2D eigenvalue weighted by molar-refractivity contribution is 5.88. The highest BCUT2D eigenvalue weighted by Crippen LogP contribution is 2.16. The van der Waals surface area contributed by atoms with Gasteiger partial charge in [0.2, 0.25) is 0 Å². The first-order chi connectivity index (χ1) is 12.3. The molecule has 26 heavy (non-hydrogen) atoms. The smallest absolute Gasteiger partial charge is 0.491 e. The first kappa shape index (κ1) is 22.0. The van der Waals surface area contributed by atoms with Gasteiger partial charge in [-0.2, -0.15) is 13.2 Å².